The van der Waals surface area contributed by atoms with E-state index in [1.54, 1.807) is 16.8 Å². The van der Waals surface area contributed by atoms with E-state index in [2.05, 4.69) is 5.10 Å². The summed E-state index contributed by atoms with van der Waals surface area (Å²) in [6, 6.07) is 22.9. The zero-order valence-corrected chi connectivity index (χ0v) is 14.7. The van der Waals surface area contributed by atoms with Gasteiger partial charge in [-0.15, -0.1) is 5.10 Å². The Hall–Kier alpha value is -3.80. The Morgan fingerprint density at radius 3 is 2.41 bits per heavy atom. The van der Waals surface area contributed by atoms with Crippen molar-refractivity contribution in [1.29, 1.82) is 0 Å². The number of primary amides is 1. The number of ether oxygens (including phenoxy) is 1. The van der Waals surface area contributed by atoms with Gasteiger partial charge in [0.2, 0.25) is 5.91 Å². The van der Waals surface area contributed by atoms with Crippen LogP contribution in [-0.2, 0) is 0 Å². The molecular formula is C21H18N4O2. The van der Waals surface area contributed by atoms with Crippen LogP contribution in [0.1, 0.15) is 10.4 Å². The normalized spacial score (nSPS) is 10.7. The Bertz CT molecular complexity index is 1090. The molecule has 4 rings (SSSR count). The molecule has 0 radical (unpaired) electrons. The zero-order valence-electron chi connectivity index (χ0n) is 14.7. The second-order valence-corrected chi connectivity index (χ2v) is 6.12. The van der Waals surface area contributed by atoms with E-state index >= 15 is 0 Å². The number of fused-ring (bicyclic) bond motifs is 1. The molecule has 0 aliphatic heterocycles. The fourth-order valence-corrected chi connectivity index (χ4v) is 2.79. The van der Waals surface area contributed by atoms with Crippen molar-refractivity contribution in [3.8, 4) is 11.5 Å². The van der Waals surface area contributed by atoms with Crippen LogP contribution < -0.4 is 15.4 Å². The molecule has 6 heteroatoms. The Kier molecular flexibility index (Phi) is 4.22. The Morgan fingerprint density at radius 1 is 1.00 bits per heavy atom. The average molecular weight is 358 g/mol. The first-order chi connectivity index (χ1) is 13.1. The minimum atomic E-state index is -0.468. The molecule has 0 bridgehead atoms. The molecule has 0 aliphatic rings. The Labute approximate surface area is 156 Å². The van der Waals surface area contributed by atoms with Crippen molar-refractivity contribution in [1.82, 2.24) is 9.61 Å². The molecule has 27 heavy (non-hydrogen) atoms. The van der Waals surface area contributed by atoms with Gasteiger partial charge in [0.1, 0.15) is 11.5 Å². The van der Waals surface area contributed by atoms with Crippen molar-refractivity contribution < 1.29 is 9.53 Å². The number of hydrogen-bond donors (Lipinski definition) is 1. The summed E-state index contributed by atoms with van der Waals surface area (Å²) in [7, 11) is 1.93. The molecule has 134 valence electrons. The van der Waals surface area contributed by atoms with Gasteiger partial charge in [0.25, 0.3) is 0 Å². The van der Waals surface area contributed by atoms with E-state index < -0.39 is 5.91 Å². The molecule has 6 nitrogen and oxygen atoms in total. The van der Waals surface area contributed by atoms with E-state index in [-0.39, 0.29) is 0 Å². The first-order valence-electron chi connectivity index (χ1n) is 8.46. The minimum absolute atomic E-state index is 0.435. The number of amides is 1. The molecule has 0 saturated carbocycles. The van der Waals surface area contributed by atoms with Gasteiger partial charge in [-0.2, -0.15) is 0 Å². The molecule has 0 saturated heterocycles. The maximum atomic E-state index is 11.3. The number of carbonyl (C=O) groups is 1. The van der Waals surface area contributed by atoms with Gasteiger partial charge in [-0.05, 0) is 54.6 Å². The molecule has 0 unspecified atom stereocenters. The summed E-state index contributed by atoms with van der Waals surface area (Å²) in [5, 5.41) is 4.55. The Morgan fingerprint density at radius 2 is 1.70 bits per heavy atom. The maximum absolute atomic E-state index is 11.3. The van der Waals surface area contributed by atoms with E-state index in [0.717, 1.165) is 28.5 Å². The quantitative estimate of drug-likeness (QED) is 0.585. The fraction of sp³-hybridized carbons (Fsp3) is 0.0476. The first-order valence-corrected chi connectivity index (χ1v) is 8.46. The molecule has 2 N–H and O–H groups in total. The molecule has 0 aliphatic carbocycles. The zero-order chi connectivity index (χ0) is 18.8. The summed E-state index contributed by atoms with van der Waals surface area (Å²) < 4.78 is 7.47. The standard InChI is InChI=1S/C21H18N4O2/c1-24(20-12-9-17-13-15(21(22)26)14-25(17)23-20)16-7-10-19(11-8-16)27-18-5-3-2-4-6-18/h2-14H,1H3,(H2,22,26). The number of carbonyl (C=O) groups excluding carboxylic acids is 1. The van der Waals surface area contributed by atoms with Crippen molar-refractivity contribution in [2.75, 3.05) is 11.9 Å². The van der Waals surface area contributed by atoms with Gasteiger partial charge in [0.05, 0.1) is 11.1 Å². The van der Waals surface area contributed by atoms with Crippen molar-refractivity contribution in [3.05, 3.63) is 84.6 Å². The number of nitrogens with two attached hydrogens (primary N) is 1. The number of anilines is 2. The summed E-state index contributed by atoms with van der Waals surface area (Å²) >= 11 is 0. The molecule has 0 fully saturated rings. The van der Waals surface area contributed by atoms with Crippen LogP contribution in [0.3, 0.4) is 0 Å². The van der Waals surface area contributed by atoms with Crippen LogP contribution in [0.25, 0.3) is 5.52 Å². The molecular weight excluding hydrogens is 340 g/mol. The lowest BCUT2D eigenvalue weighted by molar-refractivity contribution is 0.100. The highest BCUT2D eigenvalue weighted by atomic mass is 16.5. The van der Waals surface area contributed by atoms with Crippen LogP contribution in [0.5, 0.6) is 11.5 Å². The summed E-state index contributed by atoms with van der Waals surface area (Å²) in [4.78, 5) is 13.3. The van der Waals surface area contributed by atoms with Gasteiger partial charge in [-0.3, -0.25) is 4.79 Å². The Balaban J connectivity index is 1.56. The second kappa shape index (κ2) is 6.84. The SMILES string of the molecule is CN(c1ccc(Oc2ccccc2)cc1)c1ccc2cc(C(N)=O)cn2n1. The molecule has 2 heterocycles. The van der Waals surface area contributed by atoms with Gasteiger partial charge in [-0.1, -0.05) is 18.2 Å². The van der Waals surface area contributed by atoms with Crippen molar-refractivity contribution >= 4 is 22.9 Å². The largest absolute Gasteiger partial charge is 0.457 e. The van der Waals surface area contributed by atoms with Gasteiger partial charge in [0, 0.05) is 18.9 Å². The highest BCUT2D eigenvalue weighted by molar-refractivity contribution is 5.94. The van der Waals surface area contributed by atoms with Gasteiger partial charge in [0.15, 0.2) is 5.82 Å². The summed E-state index contributed by atoms with van der Waals surface area (Å²) in [5.74, 6) is 1.83. The second-order valence-electron chi connectivity index (χ2n) is 6.12. The topological polar surface area (TPSA) is 72.9 Å². The van der Waals surface area contributed by atoms with E-state index in [0.29, 0.717) is 5.56 Å². The van der Waals surface area contributed by atoms with Crippen LogP contribution >= 0.6 is 0 Å². The van der Waals surface area contributed by atoms with Crippen LogP contribution in [0, 0.1) is 0 Å². The van der Waals surface area contributed by atoms with E-state index in [9.17, 15) is 4.79 Å². The molecule has 4 aromatic rings. The van der Waals surface area contributed by atoms with Crippen molar-refractivity contribution in [2.24, 2.45) is 5.73 Å². The molecule has 1 amide bonds. The number of benzene rings is 2. The predicted octanol–water partition coefficient (Wildman–Crippen LogP) is 3.99. The monoisotopic (exact) mass is 358 g/mol. The number of hydrogen-bond acceptors (Lipinski definition) is 4. The van der Waals surface area contributed by atoms with Gasteiger partial charge in [-0.25, -0.2) is 4.52 Å². The third-order valence-corrected chi connectivity index (χ3v) is 4.27. The summed E-state index contributed by atoms with van der Waals surface area (Å²) in [6.07, 6.45) is 1.63. The van der Waals surface area contributed by atoms with Crippen LogP contribution in [-0.4, -0.2) is 22.6 Å². The third-order valence-electron chi connectivity index (χ3n) is 4.27. The van der Waals surface area contributed by atoms with Gasteiger partial charge >= 0.3 is 0 Å². The fourth-order valence-electron chi connectivity index (χ4n) is 2.79. The average Bonchev–Trinajstić information content (AvgIpc) is 3.12. The molecule has 0 spiro atoms. The third kappa shape index (κ3) is 3.46. The summed E-state index contributed by atoms with van der Waals surface area (Å²) in [5.41, 5.74) is 7.54. The van der Waals surface area contributed by atoms with Crippen molar-refractivity contribution in [3.63, 3.8) is 0 Å². The number of aromatic nitrogens is 2. The highest BCUT2D eigenvalue weighted by Gasteiger charge is 2.10. The lowest BCUT2D eigenvalue weighted by Crippen LogP contribution is -2.12. The van der Waals surface area contributed by atoms with Crippen molar-refractivity contribution in [2.45, 2.75) is 0 Å². The molecule has 0 atom stereocenters. The number of nitrogens with zero attached hydrogens (tertiary/aromatic N) is 3. The number of para-hydroxylation sites is 1. The minimum Gasteiger partial charge on any atom is -0.457 e. The lowest BCUT2D eigenvalue weighted by atomic mass is 10.2. The van der Waals surface area contributed by atoms with Crippen LogP contribution in [0.15, 0.2) is 79.0 Å². The van der Waals surface area contributed by atoms with E-state index in [1.807, 2.05) is 78.7 Å². The lowest BCUT2D eigenvalue weighted by Gasteiger charge is -2.18. The van der Waals surface area contributed by atoms with Crippen LogP contribution in [0.2, 0.25) is 0 Å². The highest BCUT2D eigenvalue weighted by Crippen LogP contribution is 2.27. The smallest absolute Gasteiger partial charge is 0.250 e. The van der Waals surface area contributed by atoms with E-state index in [4.69, 9.17) is 10.5 Å². The molecule has 2 aromatic heterocycles. The number of rotatable bonds is 5. The first kappa shape index (κ1) is 16.7. The van der Waals surface area contributed by atoms with Crippen LogP contribution in [0.4, 0.5) is 11.5 Å². The van der Waals surface area contributed by atoms with Gasteiger partial charge < -0.3 is 15.4 Å². The summed E-state index contributed by atoms with van der Waals surface area (Å²) in [6.45, 7) is 0. The predicted molar refractivity (Wildman–Crippen MR) is 105 cm³/mol. The molecule has 2 aromatic carbocycles. The maximum Gasteiger partial charge on any atom is 0.250 e. The van der Waals surface area contributed by atoms with E-state index in [1.165, 1.54) is 0 Å².